The molecule has 2 aromatic heterocycles. The molecule has 0 radical (unpaired) electrons. The fraction of sp³-hybridized carbons (Fsp3) is 0.143. The second-order valence-corrected chi connectivity index (χ2v) is 6.41. The van der Waals surface area contributed by atoms with Crippen LogP contribution in [0.3, 0.4) is 0 Å². The second kappa shape index (κ2) is 5.49. The maximum absolute atomic E-state index is 6.15. The zero-order valence-electron chi connectivity index (χ0n) is 10.3. The van der Waals surface area contributed by atoms with Gasteiger partial charge in [-0.15, -0.1) is 11.3 Å². The lowest BCUT2D eigenvalue weighted by molar-refractivity contribution is 1.01. The number of thiophene rings is 1. The molecule has 0 spiro atoms. The molecule has 0 fully saturated rings. The first-order chi connectivity index (χ1) is 9.22. The predicted molar refractivity (Wildman–Crippen MR) is 83.2 cm³/mol. The van der Waals surface area contributed by atoms with Crippen LogP contribution in [0.15, 0.2) is 40.9 Å². The Morgan fingerprint density at radius 3 is 2.74 bits per heavy atom. The Bertz CT molecular complexity index is 707. The summed E-state index contributed by atoms with van der Waals surface area (Å²) in [6.07, 6.45) is 0. The van der Waals surface area contributed by atoms with Crippen molar-refractivity contribution in [3.8, 4) is 0 Å². The molecule has 5 heteroatoms. The summed E-state index contributed by atoms with van der Waals surface area (Å²) in [4.78, 5) is 9.80. The average molecular weight is 307 g/mol. The van der Waals surface area contributed by atoms with Crippen molar-refractivity contribution in [2.45, 2.75) is 17.8 Å². The van der Waals surface area contributed by atoms with Gasteiger partial charge in [-0.25, -0.2) is 9.97 Å². The normalized spacial score (nSPS) is 11.1. The van der Waals surface area contributed by atoms with E-state index >= 15 is 0 Å². The summed E-state index contributed by atoms with van der Waals surface area (Å²) < 4.78 is 0. The Morgan fingerprint density at radius 1 is 1.16 bits per heavy atom. The lowest BCUT2D eigenvalue weighted by Crippen LogP contribution is -1.88. The highest BCUT2D eigenvalue weighted by Gasteiger charge is 2.07. The Morgan fingerprint density at radius 2 is 1.95 bits per heavy atom. The van der Waals surface area contributed by atoms with Crippen molar-refractivity contribution in [1.29, 1.82) is 0 Å². The number of hydrogen-bond donors (Lipinski definition) is 0. The molecule has 19 heavy (non-hydrogen) atoms. The molecule has 0 amide bonds. The van der Waals surface area contributed by atoms with Crippen molar-refractivity contribution < 1.29 is 0 Å². The Kier molecular flexibility index (Phi) is 3.73. The number of halogens is 1. The van der Waals surface area contributed by atoms with E-state index in [0.29, 0.717) is 5.15 Å². The van der Waals surface area contributed by atoms with Crippen LogP contribution in [0.25, 0.3) is 10.2 Å². The number of nitrogens with zero attached hydrogens (tertiary/aromatic N) is 2. The first-order valence-corrected chi connectivity index (χ1v) is 8.06. The number of aryl methyl sites for hydroxylation is 1. The van der Waals surface area contributed by atoms with Crippen molar-refractivity contribution in [3.05, 3.63) is 52.0 Å². The maximum atomic E-state index is 6.15. The van der Waals surface area contributed by atoms with Crippen LogP contribution in [0.4, 0.5) is 0 Å². The number of benzene rings is 1. The molecule has 0 saturated heterocycles. The lowest BCUT2D eigenvalue weighted by atomic mass is 10.2. The van der Waals surface area contributed by atoms with E-state index in [0.717, 1.165) is 21.1 Å². The molecule has 96 valence electrons. The van der Waals surface area contributed by atoms with Crippen molar-refractivity contribution in [3.63, 3.8) is 0 Å². The van der Waals surface area contributed by atoms with Gasteiger partial charge in [0.25, 0.3) is 0 Å². The van der Waals surface area contributed by atoms with Gasteiger partial charge in [0.2, 0.25) is 0 Å². The van der Waals surface area contributed by atoms with Crippen LogP contribution >= 0.6 is 34.7 Å². The summed E-state index contributed by atoms with van der Waals surface area (Å²) in [5.41, 5.74) is 2.54. The number of rotatable bonds is 3. The fourth-order valence-corrected chi connectivity index (χ4v) is 3.66. The van der Waals surface area contributed by atoms with Gasteiger partial charge in [0.05, 0.1) is 0 Å². The molecule has 2 heterocycles. The molecule has 0 atom stereocenters. The third-order valence-corrected chi connectivity index (χ3v) is 4.76. The summed E-state index contributed by atoms with van der Waals surface area (Å²) in [5.74, 6) is 0.855. The summed E-state index contributed by atoms with van der Waals surface area (Å²) in [6.45, 7) is 2.09. The largest absolute Gasteiger partial charge is 0.211 e. The molecule has 0 N–H and O–H groups in total. The predicted octanol–water partition coefficient (Wildman–Crippen LogP) is 4.95. The van der Waals surface area contributed by atoms with Gasteiger partial charge in [0.15, 0.2) is 5.16 Å². The van der Waals surface area contributed by atoms with E-state index in [1.54, 1.807) is 23.1 Å². The SMILES string of the molecule is Cc1ccc(CSc2nc(Cl)c3ccsc3n2)cc1. The van der Waals surface area contributed by atoms with Crippen LogP contribution < -0.4 is 0 Å². The molecule has 3 rings (SSSR count). The van der Waals surface area contributed by atoms with E-state index in [2.05, 4.69) is 41.2 Å². The maximum Gasteiger partial charge on any atom is 0.190 e. The highest BCUT2D eigenvalue weighted by atomic mass is 35.5. The highest BCUT2D eigenvalue weighted by molar-refractivity contribution is 7.98. The Hall–Kier alpha value is -1.10. The van der Waals surface area contributed by atoms with E-state index in [9.17, 15) is 0 Å². The third kappa shape index (κ3) is 2.91. The van der Waals surface area contributed by atoms with Crippen LogP contribution in [0.5, 0.6) is 0 Å². The molecule has 0 unspecified atom stereocenters. The molecule has 0 aliphatic heterocycles. The molecule has 0 saturated carbocycles. The molecule has 0 bridgehead atoms. The van der Waals surface area contributed by atoms with Crippen LogP contribution in [-0.2, 0) is 5.75 Å². The van der Waals surface area contributed by atoms with E-state index in [4.69, 9.17) is 11.6 Å². The quantitative estimate of drug-likeness (QED) is 0.389. The van der Waals surface area contributed by atoms with Gasteiger partial charge in [0.1, 0.15) is 9.98 Å². The van der Waals surface area contributed by atoms with Crippen LogP contribution in [-0.4, -0.2) is 9.97 Å². The topological polar surface area (TPSA) is 25.8 Å². The number of hydrogen-bond acceptors (Lipinski definition) is 4. The standard InChI is InChI=1S/C14H11ClN2S2/c1-9-2-4-10(5-3-9)8-19-14-16-12(15)11-6-7-18-13(11)17-14/h2-7H,8H2,1H3. The van der Waals surface area contributed by atoms with Gasteiger partial charge < -0.3 is 0 Å². The van der Waals surface area contributed by atoms with Gasteiger partial charge in [-0.1, -0.05) is 53.2 Å². The van der Waals surface area contributed by atoms with Crippen molar-refractivity contribution in [1.82, 2.24) is 9.97 Å². The number of thioether (sulfide) groups is 1. The molecular formula is C14H11ClN2S2. The van der Waals surface area contributed by atoms with Crippen molar-refractivity contribution in [2.24, 2.45) is 0 Å². The van der Waals surface area contributed by atoms with E-state index in [1.165, 1.54) is 11.1 Å². The first kappa shape index (κ1) is 12.9. The summed E-state index contributed by atoms with van der Waals surface area (Å²) in [6, 6.07) is 10.5. The number of fused-ring (bicyclic) bond motifs is 1. The van der Waals surface area contributed by atoms with Gasteiger partial charge >= 0.3 is 0 Å². The number of aromatic nitrogens is 2. The zero-order chi connectivity index (χ0) is 13.2. The molecule has 0 aliphatic carbocycles. The minimum Gasteiger partial charge on any atom is -0.211 e. The fourth-order valence-electron chi connectivity index (χ4n) is 1.70. The van der Waals surface area contributed by atoms with Crippen molar-refractivity contribution >= 4 is 44.9 Å². The smallest absolute Gasteiger partial charge is 0.190 e. The molecule has 2 nitrogen and oxygen atoms in total. The second-order valence-electron chi connectivity index (χ2n) is 4.21. The van der Waals surface area contributed by atoms with Crippen LogP contribution in [0.1, 0.15) is 11.1 Å². The van der Waals surface area contributed by atoms with Gasteiger partial charge in [-0.2, -0.15) is 0 Å². The summed E-state index contributed by atoms with van der Waals surface area (Å²) >= 11 is 9.35. The Balaban J connectivity index is 1.79. The summed E-state index contributed by atoms with van der Waals surface area (Å²) in [5, 5.41) is 4.20. The van der Waals surface area contributed by atoms with E-state index in [1.807, 2.05) is 11.4 Å². The third-order valence-electron chi connectivity index (χ3n) is 2.75. The lowest BCUT2D eigenvalue weighted by Gasteiger charge is -2.02. The zero-order valence-corrected chi connectivity index (χ0v) is 12.6. The van der Waals surface area contributed by atoms with E-state index in [-0.39, 0.29) is 0 Å². The van der Waals surface area contributed by atoms with E-state index < -0.39 is 0 Å². The van der Waals surface area contributed by atoms with Crippen molar-refractivity contribution in [2.75, 3.05) is 0 Å². The highest BCUT2D eigenvalue weighted by Crippen LogP contribution is 2.28. The van der Waals surface area contributed by atoms with Crippen LogP contribution in [0, 0.1) is 6.92 Å². The molecule has 1 aromatic carbocycles. The minimum atomic E-state index is 0.539. The first-order valence-electron chi connectivity index (χ1n) is 5.81. The van der Waals surface area contributed by atoms with Gasteiger partial charge in [0, 0.05) is 11.1 Å². The Labute approximate surface area is 124 Å². The van der Waals surface area contributed by atoms with Gasteiger partial charge in [-0.05, 0) is 23.9 Å². The monoisotopic (exact) mass is 306 g/mol. The molecule has 3 aromatic rings. The molecular weight excluding hydrogens is 296 g/mol. The minimum absolute atomic E-state index is 0.539. The van der Waals surface area contributed by atoms with Crippen LogP contribution in [0.2, 0.25) is 5.15 Å². The molecule has 0 aliphatic rings. The summed E-state index contributed by atoms with van der Waals surface area (Å²) in [7, 11) is 0. The van der Waals surface area contributed by atoms with Gasteiger partial charge in [-0.3, -0.25) is 0 Å². The average Bonchev–Trinajstić information content (AvgIpc) is 2.87.